The summed E-state index contributed by atoms with van der Waals surface area (Å²) in [7, 11) is 0. The highest BCUT2D eigenvalue weighted by atomic mass is 79.9. The molecule has 0 spiro atoms. The Kier molecular flexibility index (Phi) is 3.05. The molecule has 1 fully saturated rings. The quantitative estimate of drug-likeness (QED) is 0.898. The molecule has 6 heteroatoms. The van der Waals surface area contributed by atoms with E-state index in [1.165, 1.54) is 0 Å². The second kappa shape index (κ2) is 4.63. The van der Waals surface area contributed by atoms with E-state index in [9.17, 15) is 9.59 Å². The molecule has 1 aliphatic rings. The number of hydrogen-bond acceptors (Lipinski definition) is 3. The number of benzene rings is 1. The van der Waals surface area contributed by atoms with Crippen LogP contribution in [0.3, 0.4) is 0 Å². The first kappa shape index (κ1) is 13.2. The molecule has 1 heterocycles. The lowest BCUT2D eigenvalue weighted by Gasteiger charge is -2.09. The number of rotatable bonds is 4. The first-order chi connectivity index (χ1) is 9.52. The molecule has 2 N–H and O–H groups in total. The van der Waals surface area contributed by atoms with Crippen molar-refractivity contribution in [1.82, 2.24) is 5.32 Å². The molecule has 1 aliphatic carbocycles. The van der Waals surface area contributed by atoms with E-state index in [0.29, 0.717) is 18.4 Å². The number of carbonyl (C=O) groups is 2. The molecule has 1 amide bonds. The Balaban J connectivity index is 1.76. The van der Waals surface area contributed by atoms with Crippen LogP contribution in [0.2, 0.25) is 0 Å². The van der Waals surface area contributed by atoms with E-state index in [0.717, 1.165) is 9.86 Å². The van der Waals surface area contributed by atoms with Crippen molar-refractivity contribution in [2.45, 2.75) is 12.8 Å². The van der Waals surface area contributed by atoms with Gasteiger partial charge in [-0.25, -0.2) is 0 Å². The third kappa shape index (κ3) is 2.20. The molecule has 0 saturated heterocycles. The largest absolute Gasteiger partial charge is 0.481 e. The minimum Gasteiger partial charge on any atom is -0.481 e. The number of nitrogens with one attached hydrogen (secondary N) is 1. The van der Waals surface area contributed by atoms with Gasteiger partial charge in [-0.05, 0) is 40.9 Å². The number of fused-ring (bicyclic) bond motifs is 1. The predicted molar refractivity (Wildman–Crippen MR) is 75.6 cm³/mol. The molecule has 2 aromatic rings. The van der Waals surface area contributed by atoms with Crippen LogP contribution in [0.4, 0.5) is 0 Å². The predicted octanol–water partition coefficient (Wildman–Crippen LogP) is 2.79. The highest BCUT2D eigenvalue weighted by Gasteiger charge is 2.50. The van der Waals surface area contributed by atoms with Gasteiger partial charge < -0.3 is 14.8 Å². The summed E-state index contributed by atoms with van der Waals surface area (Å²) >= 11 is 3.36. The normalized spacial score (nSPS) is 16.1. The fourth-order valence-electron chi connectivity index (χ4n) is 2.09. The molecule has 0 radical (unpaired) electrons. The summed E-state index contributed by atoms with van der Waals surface area (Å²) in [6, 6.07) is 7.18. The van der Waals surface area contributed by atoms with Gasteiger partial charge in [0.15, 0.2) is 5.76 Å². The first-order valence-electron chi connectivity index (χ1n) is 6.21. The van der Waals surface area contributed by atoms with Crippen molar-refractivity contribution >= 4 is 38.8 Å². The molecule has 1 saturated carbocycles. The number of carboxylic acids is 1. The van der Waals surface area contributed by atoms with E-state index in [1.54, 1.807) is 6.07 Å². The molecule has 1 aromatic carbocycles. The number of carboxylic acid groups (broad SMARTS) is 1. The van der Waals surface area contributed by atoms with Crippen LogP contribution in [-0.4, -0.2) is 23.5 Å². The minimum absolute atomic E-state index is 0.138. The zero-order chi connectivity index (χ0) is 14.3. The molecular formula is C14H12BrNO4. The van der Waals surface area contributed by atoms with Crippen LogP contribution in [-0.2, 0) is 4.79 Å². The van der Waals surface area contributed by atoms with Crippen LogP contribution in [0, 0.1) is 5.41 Å². The van der Waals surface area contributed by atoms with Crippen molar-refractivity contribution in [3.05, 3.63) is 34.5 Å². The number of para-hydroxylation sites is 1. The van der Waals surface area contributed by atoms with Crippen LogP contribution >= 0.6 is 15.9 Å². The average Bonchev–Trinajstić information content (AvgIpc) is 3.08. The van der Waals surface area contributed by atoms with Crippen LogP contribution in [0.25, 0.3) is 11.0 Å². The van der Waals surface area contributed by atoms with Gasteiger partial charge in [0.2, 0.25) is 0 Å². The van der Waals surface area contributed by atoms with E-state index in [-0.39, 0.29) is 18.2 Å². The smallest absolute Gasteiger partial charge is 0.311 e. The summed E-state index contributed by atoms with van der Waals surface area (Å²) in [5.41, 5.74) is -0.167. The fourth-order valence-corrected chi connectivity index (χ4v) is 2.56. The average molecular weight is 338 g/mol. The summed E-state index contributed by atoms with van der Waals surface area (Å²) < 4.78 is 6.28. The Morgan fingerprint density at radius 1 is 1.40 bits per heavy atom. The van der Waals surface area contributed by atoms with Crippen molar-refractivity contribution in [2.24, 2.45) is 5.41 Å². The third-order valence-electron chi connectivity index (χ3n) is 3.61. The lowest BCUT2D eigenvalue weighted by atomic mass is 10.1. The molecule has 0 aliphatic heterocycles. The molecule has 3 rings (SSSR count). The van der Waals surface area contributed by atoms with Crippen LogP contribution in [0.15, 0.2) is 33.2 Å². The highest BCUT2D eigenvalue weighted by Crippen LogP contribution is 2.45. The van der Waals surface area contributed by atoms with E-state index in [4.69, 9.17) is 9.52 Å². The number of carbonyl (C=O) groups excluding carboxylic acids is 1. The zero-order valence-electron chi connectivity index (χ0n) is 10.5. The Morgan fingerprint density at radius 3 is 2.75 bits per heavy atom. The summed E-state index contributed by atoms with van der Waals surface area (Å²) in [5.74, 6) is -1.06. The van der Waals surface area contributed by atoms with Gasteiger partial charge in [0.05, 0.1) is 9.89 Å². The van der Waals surface area contributed by atoms with Crippen molar-refractivity contribution in [2.75, 3.05) is 6.54 Å². The lowest BCUT2D eigenvalue weighted by Crippen LogP contribution is -2.34. The zero-order valence-corrected chi connectivity index (χ0v) is 12.1. The molecule has 0 unspecified atom stereocenters. The van der Waals surface area contributed by atoms with Crippen molar-refractivity contribution in [3.8, 4) is 0 Å². The second-order valence-corrected chi connectivity index (χ2v) is 5.89. The summed E-state index contributed by atoms with van der Waals surface area (Å²) in [6.45, 7) is 0.138. The maximum Gasteiger partial charge on any atom is 0.311 e. The Morgan fingerprint density at radius 2 is 2.15 bits per heavy atom. The molecule has 104 valence electrons. The van der Waals surface area contributed by atoms with Gasteiger partial charge in [-0.3, -0.25) is 9.59 Å². The summed E-state index contributed by atoms with van der Waals surface area (Å²) in [4.78, 5) is 23.0. The summed E-state index contributed by atoms with van der Waals surface area (Å²) in [5, 5.41) is 12.5. The van der Waals surface area contributed by atoms with Crippen molar-refractivity contribution in [3.63, 3.8) is 0 Å². The minimum atomic E-state index is -0.856. The Bertz CT molecular complexity index is 702. The van der Waals surface area contributed by atoms with Gasteiger partial charge in [-0.15, -0.1) is 0 Å². The van der Waals surface area contributed by atoms with Gasteiger partial charge in [-0.1, -0.05) is 12.1 Å². The van der Waals surface area contributed by atoms with Crippen molar-refractivity contribution in [1.29, 1.82) is 0 Å². The third-order valence-corrected chi connectivity index (χ3v) is 4.24. The maximum absolute atomic E-state index is 12.0. The number of aliphatic carboxylic acids is 1. The van der Waals surface area contributed by atoms with E-state index < -0.39 is 11.4 Å². The SMILES string of the molecule is O=C(NCC1(C(=O)O)CC1)c1cc2cccc(Br)c2o1. The highest BCUT2D eigenvalue weighted by molar-refractivity contribution is 9.10. The monoisotopic (exact) mass is 337 g/mol. The van der Waals surface area contributed by atoms with E-state index >= 15 is 0 Å². The van der Waals surface area contributed by atoms with Gasteiger partial charge >= 0.3 is 5.97 Å². The van der Waals surface area contributed by atoms with Gasteiger partial charge in [0.25, 0.3) is 5.91 Å². The first-order valence-corrected chi connectivity index (χ1v) is 7.01. The molecule has 1 aromatic heterocycles. The van der Waals surface area contributed by atoms with Gasteiger partial charge in [-0.2, -0.15) is 0 Å². The number of amides is 1. The maximum atomic E-state index is 12.0. The second-order valence-electron chi connectivity index (χ2n) is 5.04. The summed E-state index contributed by atoms with van der Waals surface area (Å²) in [6.07, 6.45) is 1.21. The van der Waals surface area contributed by atoms with Crippen LogP contribution in [0.5, 0.6) is 0 Å². The van der Waals surface area contributed by atoms with E-state index in [1.807, 2.05) is 18.2 Å². The number of furan rings is 1. The fraction of sp³-hybridized carbons (Fsp3) is 0.286. The van der Waals surface area contributed by atoms with Crippen molar-refractivity contribution < 1.29 is 19.1 Å². The van der Waals surface area contributed by atoms with Crippen LogP contribution in [0.1, 0.15) is 23.4 Å². The van der Waals surface area contributed by atoms with Crippen LogP contribution < -0.4 is 5.32 Å². The van der Waals surface area contributed by atoms with Gasteiger partial charge in [0, 0.05) is 11.9 Å². The topological polar surface area (TPSA) is 79.5 Å². The Hall–Kier alpha value is -1.82. The number of halogens is 1. The standard InChI is InChI=1S/C14H12BrNO4/c15-9-3-1-2-8-6-10(20-11(8)9)12(17)16-7-14(4-5-14)13(18)19/h1-3,6H,4-5,7H2,(H,16,17)(H,18,19). The number of hydrogen-bond donors (Lipinski definition) is 2. The van der Waals surface area contributed by atoms with Gasteiger partial charge in [0.1, 0.15) is 5.58 Å². The molecular weight excluding hydrogens is 326 g/mol. The molecule has 0 atom stereocenters. The lowest BCUT2D eigenvalue weighted by molar-refractivity contribution is -0.143. The molecule has 5 nitrogen and oxygen atoms in total. The van der Waals surface area contributed by atoms with E-state index in [2.05, 4.69) is 21.2 Å². The molecule has 0 bridgehead atoms. The Labute approximate surface area is 123 Å². The molecule has 20 heavy (non-hydrogen) atoms.